The van der Waals surface area contributed by atoms with Gasteiger partial charge < -0.3 is 19.9 Å². The standard InChI is InChI=1S/C28H35N3O4/c1-20-8-4-5-9-24(20)26(32)29-25(28(34)30-16-6-3-7-17-30)21-14-18-31(19-15-21)27(33)22-10-12-23(35-2)13-11-22/h4-5,8-13,21,25H,3,6-7,14-19H2,1-2H3,(H,29,32)/t25-/m1/s1. The third kappa shape index (κ3) is 5.84. The van der Waals surface area contributed by atoms with Gasteiger partial charge in [0.1, 0.15) is 11.8 Å². The molecule has 2 aliphatic heterocycles. The number of likely N-dealkylation sites (tertiary alicyclic amines) is 2. The van der Waals surface area contributed by atoms with E-state index < -0.39 is 6.04 Å². The zero-order chi connectivity index (χ0) is 24.8. The molecule has 2 fully saturated rings. The van der Waals surface area contributed by atoms with Crippen LogP contribution in [-0.4, -0.2) is 66.9 Å². The van der Waals surface area contributed by atoms with Crippen LogP contribution in [0, 0.1) is 12.8 Å². The monoisotopic (exact) mass is 477 g/mol. The minimum Gasteiger partial charge on any atom is -0.497 e. The molecule has 4 rings (SSSR count). The Morgan fingerprint density at radius 1 is 0.886 bits per heavy atom. The number of ether oxygens (including phenoxy) is 1. The fourth-order valence-corrected chi connectivity index (χ4v) is 5.09. The molecule has 2 aliphatic rings. The molecule has 7 heteroatoms. The topological polar surface area (TPSA) is 79.0 Å². The molecule has 1 N–H and O–H groups in total. The fraction of sp³-hybridized carbons (Fsp3) is 0.464. The number of amides is 3. The van der Waals surface area contributed by atoms with Crippen LogP contribution >= 0.6 is 0 Å². The number of hydrogen-bond acceptors (Lipinski definition) is 4. The molecule has 0 radical (unpaired) electrons. The molecule has 3 amide bonds. The molecule has 35 heavy (non-hydrogen) atoms. The Bertz CT molecular complexity index is 1040. The number of piperidine rings is 2. The van der Waals surface area contributed by atoms with Crippen molar-refractivity contribution < 1.29 is 19.1 Å². The van der Waals surface area contributed by atoms with Crippen molar-refractivity contribution in [2.75, 3.05) is 33.3 Å². The summed E-state index contributed by atoms with van der Waals surface area (Å²) in [5.41, 5.74) is 2.10. The van der Waals surface area contributed by atoms with Crippen LogP contribution in [0.15, 0.2) is 48.5 Å². The predicted octanol–water partition coefficient (Wildman–Crippen LogP) is 3.67. The van der Waals surface area contributed by atoms with Gasteiger partial charge in [-0.2, -0.15) is 0 Å². The van der Waals surface area contributed by atoms with Crippen molar-refractivity contribution in [2.24, 2.45) is 5.92 Å². The van der Waals surface area contributed by atoms with E-state index in [1.807, 2.05) is 34.9 Å². The van der Waals surface area contributed by atoms with Crippen LogP contribution in [0.5, 0.6) is 5.75 Å². The molecule has 1 atom stereocenters. The number of nitrogens with zero attached hydrogens (tertiary/aromatic N) is 2. The maximum Gasteiger partial charge on any atom is 0.253 e. The van der Waals surface area contributed by atoms with Crippen molar-refractivity contribution in [3.05, 3.63) is 65.2 Å². The van der Waals surface area contributed by atoms with Gasteiger partial charge in [0.15, 0.2) is 0 Å². The van der Waals surface area contributed by atoms with Crippen molar-refractivity contribution in [1.29, 1.82) is 0 Å². The molecule has 2 aromatic carbocycles. The van der Waals surface area contributed by atoms with Crippen LogP contribution in [-0.2, 0) is 4.79 Å². The van der Waals surface area contributed by atoms with Gasteiger partial charge in [0.25, 0.3) is 11.8 Å². The van der Waals surface area contributed by atoms with E-state index in [9.17, 15) is 14.4 Å². The highest BCUT2D eigenvalue weighted by atomic mass is 16.5. The van der Waals surface area contributed by atoms with Gasteiger partial charge in [0, 0.05) is 37.3 Å². The first-order valence-electron chi connectivity index (χ1n) is 12.6. The van der Waals surface area contributed by atoms with Gasteiger partial charge in [-0.15, -0.1) is 0 Å². The third-order valence-corrected chi connectivity index (χ3v) is 7.25. The van der Waals surface area contributed by atoms with E-state index in [4.69, 9.17) is 4.74 Å². The maximum atomic E-state index is 13.6. The summed E-state index contributed by atoms with van der Waals surface area (Å²) in [7, 11) is 1.60. The number of hydrogen-bond donors (Lipinski definition) is 1. The van der Waals surface area contributed by atoms with Gasteiger partial charge in [-0.3, -0.25) is 14.4 Å². The summed E-state index contributed by atoms with van der Waals surface area (Å²) >= 11 is 0. The quantitative estimate of drug-likeness (QED) is 0.689. The van der Waals surface area contributed by atoms with Crippen molar-refractivity contribution in [3.63, 3.8) is 0 Å². The Kier molecular flexibility index (Phi) is 8.06. The van der Waals surface area contributed by atoms with Crippen LogP contribution in [0.1, 0.15) is 58.4 Å². The molecule has 0 aromatic heterocycles. The molecular weight excluding hydrogens is 442 g/mol. The number of carbonyl (C=O) groups excluding carboxylic acids is 3. The molecule has 186 valence electrons. The number of rotatable bonds is 6. The lowest BCUT2D eigenvalue weighted by molar-refractivity contribution is -0.136. The predicted molar refractivity (Wildman–Crippen MR) is 134 cm³/mol. The van der Waals surface area contributed by atoms with Gasteiger partial charge in [-0.25, -0.2) is 0 Å². The molecule has 0 bridgehead atoms. The summed E-state index contributed by atoms with van der Waals surface area (Å²) in [6, 6.07) is 14.0. The summed E-state index contributed by atoms with van der Waals surface area (Å²) in [5, 5.41) is 3.08. The van der Waals surface area contributed by atoms with Crippen molar-refractivity contribution in [3.8, 4) is 5.75 Å². The van der Waals surface area contributed by atoms with Crippen molar-refractivity contribution >= 4 is 17.7 Å². The maximum absolute atomic E-state index is 13.6. The highest BCUT2D eigenvalue weighted by Gasteiger charge is 2.36. The van der Waals surface area contributed by atoms with Gasteiger partial charge in [0.2, 0.25) is 5.91 Å². The zero-order valence-electron chi connectivity index (χ0n) is 20.7. The lowest BCUT2D eigenvalue weighted by Crippen LogP contribution is -2.55. The zero-order valence-corrected chi connectivity index (χ0v) is 20.7. The number of nitrogens with one attached hydrogen (secondary N) is 1. The summed E-state index contributed by atoms with van der Waals surface area (Å²) in [5.74, 6) is 0.469. The lowest BCUT2D eigenvalue weighted by Gasteiger charge is -2.38. The first kappa shape index (κ1) is 24.8. The fourth-order valence-electron chi connectivity index (χ4n) is 5.09. The number of aryl methyl sites for hydroxylation is 1. The lowest BCUT2D eigenvalue weighted by atomic mass is 9.87. The minimum atomic E-state index is -0.585. The van der Waals surface area contributed by atoms with Crippen molar-refractivity contribution in [1.82, 2.24) is 15.1 Å². The summed E-state index contributed by atoms with van der Waals surface area (Å²) in [4.78, 5) is 43.5. The van der Waals surface area contributed by atoms with Crippen LogP contribution in [0.2, 0.25) is 0 Å². The Balaban J connectivity index is 1.46. The van der Waals surface area contributed by atoms with E-state index in [2.05, 4.69) is 5.32 Å². The Hall–Kier alpha value is -3.35. The Morgan fingerprint density at radius 2 is 1.54 bits per heavy atom. The highest BCUT2D eigenvalue weighted by Crippen LogP contribution is 2.25. The average Bonchev–Trinajstić information content (AvgIpc) is 2.91. The second-order valence-electron chi connectivity index (χ2n) is 9.51. The molecule has 2 aromatic rings. The largest absolute Gasteiger partial charge is 0.497 e. The van der Waals surface area contributed by atoms with E-state index in [-0.39, 0.29) is 23.6 Å². The molecular formula is C28H35N3O4. The Morgan fingerprint density at radius 3 is 2.17 bits per heavy atom. The van der Waals surface area contributed by atoms with Gasteiger partial charge in [-0.05, 0) is 80.8 Å². The van der Waals surface area contributed by atoms with Crippen LogP contribution in [0.4, 0.5) is 0 Å². The van der Waals surface area contributed by atoms with E-state index in [1.54, 1.807) is 37.4 Å². The Labute approximate surface area is 207 Å². The van der Waals surface area contributed by atoms with Crippen molar-refractivity contribution in [2.45, 2.75) is 45.1 Å². The third-order valence-electron chi connectivity index (χ3n) is 7.25. The molecule has 2 heterocycles. The molecule has 0 saturated carbocycles. The van der Waals surface area contributed by atoms with Gasteiger partial charge in [-0.1, -0.05) is 18.2 Å². The first-order chi connectivity index (χ1) is 17.0. The normalized spacial score (nSPS) is 17.5. The number of carbonyl (C=O) groups is 3. The second kappa shape index (κ2) is 11.4. The number of methoxy groups -OCH3 is 1. The van der Waals surface area contributed by atoms with E-state index in [1.165, 1.54) is 0 Å². The molecule has 7 nitrogen and oxygen atoms in total. The average molecular weight is 478 g/mol. The highest BCUT2D eigenvalue weighted by molar-refractivity contribution is 5.99. The summed E-state index contributed by atoms with van der Waals surface area (Å²) in [6.45, 7) is 4.49. The number of benzene rings is 2. The minimum absolute atomic E-state index is 0.00608. The molecule has 2 saturated heterocycles. The molecule has 0 unspecified atom stereocenters. The molecule has 0 spiro atoms. The van der Waals surface area contributed by atoms with Gasteiger partial charge in [0.05, 0.1) is 7.11 Å². The first-order valence-corrected chi connectivity index (χ1v) is 12.6. The van der Waals surface area contributed by atoms with E-state index in [0.29, 0.717) is 42.8 Å². The molecule has 0 aliphatic carbocycles. The smallest absolute Gasteiger partial charge is 0.253 e. The van der Waals surface area contributed by atoms with E-state index >= 15 is 0 Å². The summed E-state index contributed by atoms with van der Waals surface area (Å²) < 4.78 is 5.18. The second-order valence-corrected chi connectivity index (χ2v) is 9.51. The SMILES string of the molecule is COc1ccc(C(=O)N2CCC([C@@H](NC(=O)c3ccccc3C)C(=O)N3CCCCC3)CC2)cc1. The van der Waals surface area contributed by atoms with Crippen LogP contribution < -0.4 is 10.1 Å². The van der Waals surface area contributed by atoms with E-state index in [0.717, 1.165) is 37.9 Å². The summed E-state index contributed by atoms with van der Waals surface area (Å²) in [6.07, 6.45) is 4.47. The van der Waals surface area contributed by atoms with Crippen LogP contribution in [0.25, 0.3) is 0 Å². The van der Waals surface area contributed by atoms with Gasteiger partial charge >= 0.3 is 0 Å². The van der Waals surface area contributed by atoms with Crippen LogP contribution in [0.3, 0.4) is 0 Å².